The quantitative estimate of drug-likeness (QED) is 0.791. The minimum atomic E-state index is 0.801. The Morgan fingerprint density at radius 1 is 1.16 bits per heavy atom. The average Bonchev–Trinajstić information content (AvgIpc) is 2.36. The molecule has 1 aromatic rings. The fourth-order valence-corrected chi connectivity index (χ4v) is 2.21. The van der Waals surface area contributed by atoms with Crippen LogP contribution < -0.4 is 10.2 Å². The van der Waals surface area contributed by atoms with Gasteiger partial charge >= 0.3 is 0 Å². The topological polar surface area (TPSA) is 18.5 Å². The zero-order chi connectivity index (χ0) is 14.3. The van der Waals surface area contributed by atoms with Crippen molar-refractivity contribution in [3.8, 4) is 0 Å². The molecule has 0 heterocycles. The molecule has 108 valence electrons. The molecule has 0 aliphatic heterocycles. The zero-order valence-corrected chi connectivity index (χ0v) is 13.3. The molecule has 1 aromatic carbocycles. The molecule has 0 fully saturated rings. The highest BCUT2D eigenvalue weighted by molar-refractivity contribution is 6.30. The van der Waals surface area contributed by atoms with Gasteiger partial charge in [-0.2, -0.15) is 0 Å². The van der Waals surface area contributed by atoms with Gasteiger partial charge < -0.3 is 15.1 Å². The first-order valence-corrected chi connectivity index (χ1v) is 7.27. The Labute approximate surface area is 122 Å². The molecule has 0 aromatic heterocycles. The van der Waals surface area contributed by atoms with Crippen molar-refractivity contribution in [3.05, 3.63) is 28.8 Å². The van der Waals surface area contributed by atoms with Crippen LogP contribution in [0.25, 0.3) is 0 Å². The first kappa shape index (κ1) is 16.3. The third-order valence-electron chi connectivity index (χ3n) is 3.12. The highest BCUT2D eigenvalue weighted by atomic mass is 35.5. The standard InChI is InChI=1S/C15H26ClN3/c1-5-17-12-13-7-8-14(16)11-15(13)19(4)10-6-9-18(2)3/h7-8,11,17H,5-6,9-10,12H2,1-4H3. The van der Waals surface area contributed by atoms with Crippen LogP contribution in [0, 0.1) is 0 Å². The molecule has 0 aliphatic carbocycles. The van der Waals surface area contributed by atoms with E-state index in [4.69, 9.17) is 11.6 Å². The lowest BCUT2D eigenvalue weighted by molar-refractivity contribution is 0.401. The molecular weight excluding hydrogens is 258 g/mol. The predicted octanol–water partition coefficient (Wildman–Crippen LogP) is 2.84. The van der Waals surface area contributed by atoms with Crippen LogP contribution in [0.15, 0.2) is 18.2 Å². The van der Waals surface area contributed by atoms with Crippen LogP contribution in [0.1, 0.15) is 18.9 Å². The van der Waals surface area contributed by atoms with Crippen molar-refractivity contribution in [3.63, 3.8) is 0 Å². The largest absolute Gasteiger partial charge is 0.374 e. The van der Waals surface area contributed by atoms with Crippen molar-refractivity contribution in [1.82, 2.24) is 10.2 Å². The summed E-state index contributed by atoms with van der Waals surface area (Å²) in [7, 11) is 6.35. The lowest BCUT2D eigenvalue weighted by atomic mass is 10.1. The Morgan fingerprint density at radius 3 is 2.53 bits per heavy atom. The van der Waals surface area contributed by atoms with Gasteiger partial charge in [-0.15, -0.1) is 0 Å². The van der Waals surface area contributed by atoms with Gasteiger partial charge in [0.05, 0.1) is 0 Å². The van der Waals surface area contributed by atoms with Crippen molar-refractivity contribution in [2.75, 3.05) is 45.7 Å². The van der Waals surface area contributed by atoms with Gasteiger partial charge in [0.2, 0.25) is 0 Å². The molecule has 0 radical (unpaired) electrons. The zero-order valence-electron chi connectivity index (χ0n) is 12.5. The summed E-state index contributed by atoms with van der Waals surface area (Å²) in [4.78, 5) is 4.51. The van der Waals surface area contributed by atoms with E-state index in [0.29, 0.717) is 0 Å². The number of anilines is 1. The first-order valence-electron chi connectivity index (χ1n) is 6.89. The average molecular weight is 284 g/mol. The smallest absolute Gasteiger partial charge is 0.0426 e. The minimum Gasteiger partial charge on any atom is -0.374 e. The van der Waals surface area contributed by atoms with Crippen molar-refractivity contribution >= 4 is 17.3 Å². The Morgan fingerprint density at radius 2 is 1.89 bits per heavy atom. The van der Waals surface area contributed by atoms with Crippen molar-refractivity contribution in [1.29, 1.82) is 0 Å². The molecule has 0 bridgehead atoms. The SMILES string of the molecule is CCNCc1ccc(Cl)cc1N(C)CCCN(C)C. The van der Waals surface area contributed by atoms with Gasteiger partial charge in [-0.3, -0.25) is 0 Å². The summed E-state index contributed by atoms with van der Waals surface area (Å²) in [6, 6.07) is 6.14. The van der Waals surface area contributed by atoms with Crippen LogP contribution in [0.4, 0.5) is 5.69 Å². The lowest BCUT2D eigenvalue weighted by Crippen LogP contribution is -2.25. The molecule has 0 spiro atoms. The summed E-state index contributed by atoms with van der Waals surface area (Å²) in [5.41, 5.74) is 2.53. The third-order valence-corrected chi connectivity index (χ3v) is 3.36. The maximum Gasteiger partial charge on any atom is 0.0426 e. The predicted molar refractivity (Wildman–Crippen MR) is 85.3 cm³/mol. The number of nitrogens with one attached hydrogen (secondary N) is 1. The molecule has 0 unspecified atom stereocenters. The number of rotatable bonds is 8. The monoisotopic (exact) mass is 283 g/mol. The molecule has 4 heteroatoms. The summed E-state index contributed by atoms with van der Waals surface area (Å²) in [6.45, 7) is 6.13. The number of nitrogens with zero attached hydrogens (tertiary/aromatic N) is 2. The first-order chi connectivity index (χ1) is 9.04. The molecule has 0 aliphatic rings. The summed E-state index contributed by atoms with van der Waals surface area (Å²) in [5.74, 6) is 0. The molecule has 0 atom stereocenters. The Kier molecular flexibility index (Phi) is 7.21. The van der Waals surface area contributed by atoms with Crippen molar-refractivity contribution in [2.24, 2.45) is 0 Å². The van der Waals surface area contributed by atoms with Crippen LogP contribution in [0.3, 0.4) is 0 Å². The van der Waals surface area contributed by atoms with E-state index in [-0.39, 0.29) is 0 Å². The summed E-state index contributed by atoms with van der Waals surface area (Å²) in [6.07, 6.45) is 1.15. The van der Waals surface area contributed by atoms with E-state index in [1.54, 1.807) is 0 Å². The fraction of sp³-hybridized carbons (Fsp3) is 0.600. The van der Waals surface area contributed by atoms with E-state index in [0.717, 1.165) is 37.6 Å². The van der Waals surface area contributed by atoms with E-state index < -0.39 is 0 Å². The molecular formula is C15H26ClN3. The van der Waals surface area contributed by atoms with Crippen LogP contribution in [0.2, 0.25) is 5.02 Å². The minimum absolute atomic E-state index is 0.801. The van der Waals surface area contributed by atoms with Crippen molar-refractivity contribution in [2.45, 2.75) is 19.9 Å². The molecule has 19 heavy (non-hydrogen) atoms. The number of hydrogen-bond donors (Lipinski definition) is 1. The molecule has 3 nitrogen and oxygen atoms in total. The molecule has 1 rings (SSSR count). The highest BCUT2D eigenvalue weighted by Gasteiger charge is 2.08. The normalized spacial score (nSPS) is 11.1. The lowest BCUT2D eigenvalue weighted by Gasteiger charge is -2.24. The number of benzene rings is 1. The second kappa shape index (κ2) is 8.41. The molecule has 0 saturated carbocycles. The van der Waals surface area contributed by atoms with E-state index in [2.05, 4.69) is 55.3 Å². The molecule has 0 saturated heterocycles. The van der Waals surface area contributed by atoms with Crippen LogP contribution in [-0.4, -0.2) is 45.7 Å². The van der Waals surface area contributed by atoms with Crippen LogP contribution >= 0.6 is 11.6 Å². The third kappa shape index (κ3) is 5.81. The molecule has 1 N–H and O–H groups in total. The van der Waals surface area contributed by atoms with Gasteiger partial charge in [0.25, 0.3) is 0 Å². The van der Waals surface area contributed by atoms with Gasteiger partial charge in [0, 0.05) is 30.8 Å². The van der Waals surface area contributed by atoms with Crippen molar-refractivity contribution < 1.29 is 0 Å². The van der Waals surface area contributed by atoms with E-state index in [9.17, 15) is 0 Å². The molecule has 0 amide bonds. The Bertz CT molecular complexity index is 380. The van der Waals surface area contributed by atoms with E-state index >= 15 is 0 Å². The maximum atomic E-state index is 6.12. The van der Waals surface area contributed by atoms with Crippen LogP contribution in [-0.2, 0) is 6.54 Å². The second-order valence-electron chi connectivity index (χ2n) is 5.13. The second-order valence-corrected chi connectivity index (χ2v) is 5.57. The Hall–Kier alpha value is -0.770. The van der Waals surface area contributed by atoms with Gasteiger partial charge in [-0.25, -0.2) is 0 Å². The van der Waals surface area contributed by atoms with Gasteiger partial charge in [-0.1, -0.05) is 24.6 Å². The number of hydrogen-bond acceptors (Lipinski definition) is 3. The summed E-state index contributed by atoms with van der Waals surface area (Å²) < 4.78 is 0. The summed E-state index contributed by atoms with van der Waals surface area (Å²) in [5, 5.41) is 4.18. The fourth-order valence-electron chi connectivity index (χ4n) is 2.05. The maximum absolute atomic E-state index is 6.12. The van der Waals surface area contributed by atoms with E-state index in [1.807, 2.05) is 6.07 Å². The van der Waals surface area contributed by atoms with Gasteiger partial charge in [0.15, 0.2) is 0 Å². The number of halogens is 1. The summed E-state index contributed by atoms with van der Waals surface area (Å²) >= 11 is 6.12. The Balaban J connectivity index is 2.69. The highest BCUT2D eigenvalue weighted by Crippen LogP contribution is 2.24. The van der Waals surface area contributed by atoms with Gasteiger partial charge in [0.1, 0.15) is 0 Å². The van der Waals surface area contributed by atoms with E-state index in [1.165, 1.54) is 11.3 Å². The van der Waals surface area contributed by atoms with Crippen LogP contribution in [0.5, 0.6) is 0 Å². The van der Waals surface area contributed by atoms with Gasteiger partial charge in [-0.05, 0) is 51.3 Å².